The van der Waals surface area contributed by atoms with Crippen molar-refractivity contribution in [2.75, 3.05) is 0 Å². The molecule has 36 heavy (non-hydrogen) atoms. The maximum absolute atomic E-state index is 4.12. The van der Waals surface area contributed by atoms with Crippen LogP contribution in [0.1, 0.15) is 81.1 Å². The quantitative estimate of drug-likeness (QED) is 0.299. The van der Waals surface area contributed by atoms with Crippen molar-refractivity contribution in [3.05, 3.63) is 102 Å². The largest absolute Gasteiger partial charge is 0.355 e. The minimum absolute atomic E-state index is 0.954. The average molecular weight is 477 g/mol. The van der Waals surface area contributed by atoms with E-state index in [9.17, 15) is 0 Å². The van der Waals surface area contributed by atoms with Crippen molar-refractivity contribution in [3.8, 4) is 0 Å². The number of hydrogen-bond donors (Lipinski definition) is 4. The van der Waals surface area contributed by atoms with Crippen molar-refractivity contribution in [3.63, 3.8) is 0 Å². The van der Waals surface area contributed by atoms with Gasteiger partial charge in [-0.2, -0.15) is 0 Å². The Kier molecular flexibility index (Phi) is 5.91. The average Bonchev–Trinajstić information content (AvgIpc) is 3.51. The van der Waals surface area contributed by atoms with Crippen LogP contribution in [0.4, 0.5) is 0 Å². The fourth-order valence-electron chi connectivity index (χ4n) is 5.73. The van der Waals surface area contributed by atoms with Crippen LogP contribution in [-0.4, -0.2) is 19.9 Å². The van der Waals surface area contributed by atoms with Gasteiger partial charge in [0, 0.05) is 55.3 Å². The molecule has 4 aromatic rings. The van der Waals surface area contributed by atoms with Crippen molar-refractivity contribution in [2.45, 2.75) is 54.4 Å². The van der Waals surface area contributed by atoms with Gasteiger partial charge >= 0.3 is 0 Å². The minimum atomic E-state index is 0.954. The van der Waals surface area contributed by atoms with Gasteiger partial charge in [-0.3, -0.25) is 0 Å². The molecule has 184 valence electrons. The summed E-state index contributed by atoms with van der Waals surface area (Å²) in [4.78, 5) is 14.8. The Balaban J connectivity index is 1.98. The van der Waals surface area contributed by atoms with Crippen molar-refractivity contribution < 1.29 is 0 Å². The van der Waals surface area contributed by atoms with Gasteiger partial charge in [-0.25, -0.2) is 0 Å². The Morgan fingerprint density at radius 1 is 0.528 bits per heavy atom. The van der Waals surface area contributed by atoms with Crippen molar-refractivity contribution in [1.82, 2.24) is 19.9 Å². The Bertz CT molecular complexity index is 1640. The number of aromatic amines is 4. The molecular weight excluding hydrogens is 440 g/mol. The topological polar surface area (TPSA) is 63.2 Å². The normalized spacial score (nSPS) is 12.4. The van der Waals surface area contributed by atoms with Crippen LogP contribution < -0.4 is 21.4 Å². The van der Waals surface area contributed by atoms with Gasteiger partial charge in [0.1, 0.15) is 0 Å². The Hall–Kier alpha value is -3.92. The van der Waals surface area contributed by atoms with Crippen LogP contribution in [-0.2, 0) is 12.8 Å². The highest BCUT2D eigenvalue weighted by Crippen LogP contribution is 2.23. The van der Waals surface area contributed by atoms with E-state index in [1.165, 1.54) is 33.4 Å². The molecule has 4 N–H and O–H groups in total. The van der Waals surface area contributed by atoms with Crippen molar-refractivity contribution in [2.24, 2.45) is 0 Å². The molecule has 0 amide bonds. The van der Waals surface area contributed by atoms with Crippen LogP contribution in [0, 0.1) is 27.7 Å². The molecule has 0 fully saturated rings. The number of hydrogen-bond acceptors (Lipinski definition) is 0. The van der Waals surface area contributed by atoms with E-state index in [1.807, 2.05) is 12.2 Å². The molecule has 8 bridgehead atoms. The second-order valence-electron chi connectivity index (χ2n) is 9.79. The number of nitrogens with one attached hydrogen (secondary N) is 4. The second-order valence-corrected chi connectivity index (χ2v) is 9.79. The molecule has 0 aliphatic carbocycles. The molecular formula is C32H36N4. The maximum atomic E-state index is 4.12. The van der Waals surface area contributed by atoms with E-state index in [4.69, 9.17) is 0 Å². The predicted octanol–water partition coefficient (Wildman–Crippen LogP) is 4.27. The summed E-state index contributed by atoms with van der Waals surface area (Å²) in [6.07, 6.45) is 14.7. The summed E-state index contributed by atoms with van der Waals surface area (Å²) in [6.45, 7) is 21.4. The fourth-order valence-corrected chi connectivity index (χ4v) is 5.73. The Labute approximate surface area is 212 Å². The van der Waals surface area contributed by atoms with Crippen LogP contribution in [0.15, 0.2) is 13.2 Å². The van der Waals surface area contributed by atoms with Crippen LogP contribution in [0.5, 0.6) is 0 Å². The summed E-state index contributed by atoms with van der Waals surface area (Å²) in [7, 11) is 0. The minimum Gasteiger partial charge on any atom is -0.355 e. The summed E-state index contributed by atoms with van der Waals surface area (Å²) in [6, 6.07) is 0. The fraction of sp³-hybridized carbons (Fsp3) is 0.250. The Morgan fingerprint density at radius 2 is 0.889 bits per heavy atom. The first-order valence-electron chi connectivity index (χ1n) is 12.8. The molecule has 0 atom stereocenters. The molecule has 4 aromatic heterocycles. The lowest BCUT2D eigenvalue weighted by Gasteiger charge is -1.96. The number of fused-ring (bicyclic) bond motifs is 8. The zero-order valence-electron chi connectivity index (χ0n) is 22.3. The van der Waals surface area contributed by atoms with E-state index in [0.29, 0.717) is 0 Å². The van der Waals surface area contributed by atoms with E-state index in [1.54, 1.807) is 0 Å². The lowest BCUT2D eigenvalue weighted by molar-refractivity contribution is 1.10. The van der Waals surface area contributed by atoms with Crippen LogP contribution in [0.25, 0.3) is 36.5 Å². The Morgan fingerprint density at radius 3 is 1.22 bits per heavy atom. The summed E-state index contributed by atoms with van der Waals surface area (Å²) >= 11 is 0. The molecule has 0 saturated heterocycles. The van der Waals surface area contributed by atoms with Gasteiger partial charge in [0.2, 0.25) is 0 Å². The van der Waals surface area contributed by atoms with Crippen LogP contribution in [0.3, 0.4) is 0 Å². The van der Waals surface area contributed by atoms with Gasteiger partial charge in [0.05, 0.1) is 0 Å². The summed E-state index contributed by atoms with van der Waals surface area (Å²) in [5.74, 6) is 0. The highest BCUT2D eigenvalue weighted by Gasteiger charge is 2.14. The first kappa shape index (κ1) is 23.8. The smallest absolute Gasteiger partial charge is 0.0482 e. The van der Waals surface area contributed by atoms with Gasteiger partial charge in [-0.15, -0.1) is 0 Å². The molecule has 0 aromatic carbocycles. The van der Waals surface area contributed by atoms with Gasteiger partial charge in [0.25, 0.3) is 0 Å². The van der Waals surface area contributed by atoms with E-state index in [2.05, 4.69) is 98.9 Å². The van der Waals surface area contributed by atoms with Crippen LogP contribution >= 0.6 is 0 Å². The first-order valence-corrected chi connectivity index (χ1v) is 12.8. The third kappa shape index (κ3) is 3.60. The molecule has 0 radical (unpaired) electrons. The van der Waals surface area contributed by atoms with Gasteiger partial charge in [0.15, 0.2) is 0 Å². The lowest BCUT2D eigenvalue weighted by atomic mass is 10.1. The summed E-state index contributed by atoms with van der Waals surface area (Å²) in [5.41, 5.74) is 14.2. The van der Waals surface area contributed by atoms with Gasteiger partial charge in [-0.05, 0) is 98.2 Å². The summed E-state index contributed by atoms with van der Waals surface area (Å²) in [5, 5.41) is 4.52. The lowest BCUT2D eigenvalue weighted by Crippen LogP contribution is -2.13. The first-order chi connectivity index (χ1) is 17.3. The predicted molar refractivity (Wildman–Crippen MR) is 154 cm³/mol. The van der Waals surface area contributed by atoms with Gasteiger partial charge in [-0.1, -0.05) is 39.2 Å². The monoisotopic (exact) mass is 476 g/mol. The third-order valence-electron chi connectivity index (χ3n) is 7.91. The summed E-state index contributed by atoms with van der Waals surface area (Å²) < 4.78 is 0. The molecule has 0 unspecified atom stereocenters. The molecule has 5 heterocycles. The molecule has 0 spiro atoms. The second kappa shape index (κ2) is 8.94. The molecule has 1 aliphatic rings. The van der Waals surface area contributed by atoms with E-state index >= 15 is 0 Å². The zero-order valence-corrected chi connectivity index (χ0v) is 22.3. The van der Waals surface area contributed by atoms with Crippen LogP contribution in [0.2, 0.25) is 0 Å². The molecule has 0 saturated carbocycles. The molecule has 1 aliphatic heterocycles. The SMILES string of the molecule is C=Cc1c2[nH]c(c1C)C=c1[nH]c(c(C)c1CC)=Cc1[nH]c(c(C)c1C=C)C=c1[nH]c(c(C)c1CC)=C2. The van der Waals surface area contributed by atoms with E-state index in [0.717, 1.165) is 68.1 Å². The maximum Gasteiger partial charge on any atom is 0.0482 e. The zero-order chi connectivity index (χ0) is 25.7. The molecule has 4 nitrogen and oxygen atoms in total. The standard InChI is InChI=1S/C32H36N4/c1-9-21-17(5)25-14-30-23(11-3)19(7)27(35-30)16-32-24(12-4)20(8)28(36-32)15-31-22(10-2)18(6)26(34-31)13-29(21)33-25/h9,12-16,33-36H,1,4,10-11H2,2-3,5-8H3. The van der Waals surface area contributed by atoms with Gasteiger partial charge < -0.3 is 19.9 Å². The highest BCUT2D eigenvalue weighted by molar-refractivity contribution is 5.72. The van der Waals surface area contributed by atoms with E-state index in [-0.39, 0.29) is 0 Å². The molecule has 5 rings (SSSR count). The third-order valence-corrected chi connectivity index (χ3v) is 7.91. The highest BCUT2D eigenvalue weighted by atomic mass is 14.8. The number of H-pyrrole nitrogens is 4. The van der Waals surface area contributed by atoms with Crippen molar-refractivity contribution in [1.29, 1.82) is 0 Å². The number of aromatic nitrogens is 4. The van der Waals surface area contributed by atoms with Crippen molar-refractivity contribution >= 4 is 36.5 Å². The van der Waals surface area contributed by atoms with E-state index < -0.39 is 0 Å². The molecule has 4 heteroatoms. The number of rotatable bonds is 4.